The minimum absolute atomic E-state index is 0.227. The number of hydrogen-bond donors (Lipinski definition) is 1. The Labute approximate surface area is 130 Å². The molecule has 22 heavy (non-hydrogen) atoms. The van der Waals surface area contributed by atoms with Gasteiger partial charge in [-0.25, -0.2) is 19.7 Å². The van der Waals surface area contributed by atoms with E-state index in [0.29, 0.717) is 10.9 Å². The molecule has 118 valence electrons. The van der Waals surface area contributed by atoms with Crippen LogP contribution in [0.2, 0.25) is 0 Å². The second-order valence-corrected chi connectivity index (χ2v) is 5.66. The molecule has 0 aliphatic heterocycles. The first-order valence-corrected chi connectivity index (χ1v) is 8.02. The van der Waals surface area contributed by atoms with Crippen LogP contribution in [0.15, 0.2) is 18.6 Å². The molecule has 9 heteroatoms. The monoisotopic (exact) mass is 324 g/mol. The molecule has 0 aliphatic rings. The second-order valence-electron chi connectivity index (χ2n) is 4.42. The van der Waals surface area contributed by atoms with Crippen molar-refractivity contribution in [1.82, 2.24) is 15.0 Å². The van der Waals surface area contributed by atoms with Crippen LogP contribution in [0.4, 0.5) is 5.82 Å². The van der Waals surface area contributed by atoms with E-state index in [9.17, 15) is 14.5 Å². The van der Waals surface area contributed by atoms with Gasteiger partial charge in [-0.1, -0.05) is 6.92 Å². The Bertz CT molecular complexity index is 677. The largest absolute Gasteiger partial charge is 0.593 e. The number of nitrogens with zero attached hydrogens (tertiary/aromatic N) is 4. The van der Waals surface area contributed by atoms with E-state index in [1.54, 1.807) is 13.0 Å². The molecule has 0 fully saturated rings. The summed E-state index contributed by atoms with van der Waals surface area (Å²) in [7, 11) is 1.44. The van der Waals surface area contributed by atoms with E-state index in [2.05, 4.69) is 15.0 Å². The van der Waals surface area contributed by atoms with Crippen LogP contribution in [0.25, 0.3) is 10.9 Å². The molecule has 0 bridgehead atoms. The van der Waals surface area contributed by atoms with Gasteiger partial charge in [-0.3, -0.25) is 0 Å². The Kier molecular flexibility index (Phi) is 4.99. The predicted octanol–water partition coefficient (Wildman–Crippen LogP) is 0.996. The van der Waals surface area contributed by atoms with Crippen LogP contribution < -0.4 is 9.04 Å². The summed E-state index contributed by atoms with van der Waals surface area (Å²) in [5.41, 5.74) is 0.535. The number of carboxylic acids is 1. The molecule has 2 atom stereocenters. The van der Waals surface area contributed by atoms with Crippen LogP contribution in [0.5, 0.6) is 5.88 Å². The molecule has 2 rings (SSSR count). The number of methoxy groups -OCH3 is 1. The van der Waals surface area contributed by atoms with Gasteiger partial charge in [0.2, 0.25) is 5.88 Å². The Morgan fingerprint density at radius 1 is 1.50 bits per heavy atom. The first-order chi connectivity index (χ1) is 10.5. The number of hydrogen-bond acceptors (Lipinski definition) is 7. The third-order valence-electron chi connectivity index (χ3n) is 3.13. The highest BCUT2D eigenvalue weighted by atomic mass is 32.2. The minimum atomic E-state index is -1.59. The number of fused-ring (bicyclic) bond motifs is 1. The second kappa shape index (κ2) is 6.75. The molecule has 0 saturated heterocycles. The molecule has 2 aromatic rings. The maximum absolute atomic E-state index is 12.1. The fraction of sp³-hybridized carbons (Fsp3) is 0.385. The number of carbonyl (C=O) groups is 1. The number of pyridine rings is 1. The zero-order valence-corrected chi connectivity index (χ0v) is 13.2. The van der Waals surface area contributed by atoms with Gasteiger partial charge in [-0.05, 0) is 12.5 Å². The normalized spacial score (nSPS) is 13.6. The van der Waals surface area contributed by atoms with E-state index >= 15 is 0 Å². The molecule has 2 unspecified atom stereocenters. The van der Waals surface area contributed by atoms with Gasteiger partial charge in [0.15, 0.2) is 11.9 Å². The summed E-state index contributed by atoms with van der Waals surface area (Å²) in [6, 6.07) is 0.676. The zero-order chi connectivity index (χ0) is 16.3. The van der Waals surface area contributed by atoms with Crippen LogP contribution in [-0.2, 0) is 16.2 Å². The summed E-state index contributed by atoms with van der Waals surface area (Å²) in [6.45, 7) is 1.71. The van der Waals surface area contributed by atoms with E-state index in [1.165, 1.54) is 30.2 Å². The molecular weight excluding hydrogens is 308 g/mol. The van der Waals surface area contributed by atoms with E-state index in [1.807, 2.05) is 0 Å². The zero-order valence-electron chi connectivity index (χ0n) is 12.4. The average Bonchev–Trinajstić information content (AvgIpc) is 2.50. The summed E-state index contributed by atoms with van der Waals surface area (Å²) in [4.78, 5) is 23.8. The van der Waals surface area contributed by atoms with E-state index in [-0.39, 0.29) is 18.1 Å². The van der Waals surface area contributed by atoms with Gasteiger partial charge in [-0.2, -0.15) is 4.31 Å². The molecule has 0 aliphatic carbocycles. The van der Waals surface area contributed by atoms with Crippen LogP contribution in [0.1, 0.15) is 13.3 Å². The van der Waals surface area contributed by atoms with Crippen molar-refractivity contribution < 1.29 is 19.2 Å². The number of aliphatic carboxylic acids is 1. The highest BCUT2D eigenvalue weighted by Crippen LogP contribution is 2.32. The number of rotatable bonds is 6. The van der Waals surface area contributed by atoms with Crippen molar-refractivity contribution in [3.63, 3.8) is 0 Å². The average molecular weight is 324 g/mol. The predicted molar refractivity (Wildman–Crippen MR) is 82.1 cm³/mol. The lowest BCUT2D eigenvalue weighted by Gasteiger charge is -2.28. The SMILES string of the molecule is CCC(C(=O)O)N(c1ncnc2ccnc(OC)c12)[S+](C)[O-]. The first-order valence-electron chi connectivity index (χ1n) is 6.50. The summed E-state index contributed by atoms with van der Waals surface area (Å²) in [5, 5.41) is 9.82. The molecule has 0 amide bonds. The number of carboxylic acid groups (broad SMARTS) is 1. The highest BCUT2D eigenvalue weighted by Gasteiger charge is 2.34. The molecule has 0 spiro atoms. The summed E-state index contributed by atoms with van der Waals surface area (Å²) >= 11 is -1.59. The van der Waals surface area contributed by atoms with Crippen LogP contribution in [0, 0.1) is 0 Å². The summed E-state index contributed by atoms with van der Waals surface area (Å²) in [5.74, 6) is -0.596. The van der Waals surface area contributed by atoms with Crippen LogP contribution in [-0.4, -0.2) is 50.0 Å². The molecular formula is C13H16N4O4S. The highest BCUT2D eigenvalue weighted by molar-refractivity contribution is 7.92. The fourth-order valence-electron chi connectivity index (χ4n) is 2.17. The quantitative estimate of drug-likeness (QED) is 0.783. The smallest absolute Gasteiger partial charge is 0.331 e. The van der Waals surface area contributed by atoms with Gasteiger partial charge in [0, 0.05) is 6.20 Å². The lowest BCUT2D eigenvalue weighted by molar-refractivity contribution is -0.138. The van der Waals surface area contributed by atoms with E-state index in [4.69, 9.17) is 4.74 Å². The lowest BCUT2D eigenvalue weighted by Crippen LogP contribution is -2.45. The molecule has 0 aromatic carbocycles. The molecule has 2 aromatic heterocycles. The molecule has 0 radical (unpaired) electrons. The van der Waals surface area contributed by atoms with E-state index in [0.717, 1.165) is 0 Å². The summed E-state index contributed by atoms with van der Waals surface area (Å²) < 4.78 is 18.6. The number of anilines is 1. The van der Waals surface area contributed by atoms with Crippen molar-refractivity contribution in [2.75, 3.05) is 17.7 Å². The Balaban J connectivity index is 2.71. The lowest BCUT2D eigenvalue weighted by atomic mass is 10.2. The van der Waals surface area contributed by atoms with Gasteiger partial charge in [0.25, 0.3) is 0 Å². The van der Waals surface area contributed by atoms with Gasteiger partial charge < -0.3 is 14.4 Å². The van der Waals surface area contributed by atoms with Crippen molar-refractivity contribution in [3.8, 4) is 5.88 Å². The van der Waals surface area contributed by atoms with Crippen molar-refractivity contribution in [2.24, 2.45) is 0 Å². The first kappa shape index (κ1) is 16.2. The molecule has 0 saturated carbocycles. The van der Waals surface area contributed by atoms with Gasteiger partial charge in [0.05, 0.1) is 24.0 Å². The maximum Gasteiger partial charge on any atom is 0.331 e. The van der Waals surface area contributed by atoms with Gasteiger partial charge in [0.1, 0.15) is 18.0 Å². The molecule has 1 N–H and O–H groups in total. The Morgan fingerprint density at radius 2 is 2.23 bits per heavy atom. The minimum Gasteiger partial charge on any atom is -0.593 e. The van der Waals surface area contributed by atoms with E-state index < -0.39 is 23.4 Å². The molecule has 8 nitrogen and oxygen atoms in total. The molecule has 2 heterocycles. The van der Waals surface area contributed by atoms with Crippen molar-refractivity contribution in [3.05, 3.63) is 18.6 Å². The summed E-state index contributed by atoms with van der Waals surface area (Å²) in [6.07, 6.45) is 4.50. The van der Waals surface area contributed by atoms with Crippen LogP contribution >= 0.6 is 0 Å². The van der Waals surface area contributed by atoms with Gasteiger partial charge >= 0.3 is 5.97 Å². The van der Waals surface area contributed by atoms with Crippen molar-refractivity contribution in [2.45, 2.75) is 19.4 Å². The number of ether oxygens (including phenoxy) is 1. The standard InChI is InChI=1S/C13H16N4O4S/c1-4-9(13(18)19)17(22(3)20)11-10-8(15-7-16-11)5-6-14-12(10)21-2/h5-7,9H,4H2,1-3H3,(H,18,19). The van der Waals surface area contributed by atoms with Crippen LogP contribution in [0.3, 0.4) is 0 Å². The third-order valence-corrected chi connectivity index (χ3v) is 4.11. The fourth-order valence-corrected chi connectivity index (χ4v) is 3.15. The Hall–Kier alpha value is -2.13. The topological polar surface area (TPSA) is 112 Å². The number of aromatic nitrogens is 3. The third kappa shape index (κ3) is 2.90. The van der Waals surface area contributed by atoms with Crippen molar-refractivity contribution in [1.29, 1.82) is 0 Å². The maximum atomic E-state index is 12.1. The van der Waals surface area contributed by atoms with Crippen molar-refractivity contribution >= 4 is 34.1 Å². The van der Waals surface area contributed by atoms with Gasteiger partial charge in [-0.15, -0.1) is 0 Å². The Morgan fingerprint density at radius 3 is 2.77 bits per heavy atom.